The van der Waals surface area contributed by atoms with Gasteiger partial charge in [0, 0.05) is 12.0 Å². The van der Waals surface area contributed by atoms with E-state index in [1.165, 1.54) is 19.1 Å². The van der Waals surface area contributed by atoms with E-state index in [0.29, 0.717) is 0 Å². The number of ether oxygens (including phenoxy) is 1. The van der Waals surface area contributed by atoms with Crippen LogP contribution in [0.5, 0.6) is 5.75 Å². The van der Waals surface area contributed by atoms with Gasteiger partial charge in [-0.1, -0.05) is 13.8 Å². The molecule has 18 heavy (non-hydrogen) atoms. The van der Waals surface area contributed by atoms with Crippen LogP contribution < -0.4 is 4.74 Å². The molecule has 1 unspecified atom stereocenters. The van der Waals surface area contributed by atoms with E-state index in [9.17, 15) is 14.0 Å². The van der Waals surface area contributed by atoms with Crippen LogP contribution in [0.4, 0.5) is 4.39 Å². The molecule has 0 saturated heterocycles. The molecule has 98 valence electrons. The molecule has 0 bridgehead atoms. The highest BCUT2D eigenvalue weighted by atomic mass is 19.1. The highest BCUT2D eigenvalue weighted by Crippen LogP contribution is 2.17. The van der Waals surface area contributed by atoms with Gasteiger partial charge in [0.05, 0.1) is 5.56 Å². The van der Waals surface area contributed by atoms with E-state index in [4.69, 9.17) is 4.74 Å². The van der Waals surface area contributed by atoms with Crippen molar-refractivity contribution >= 4 is 11.6 Å². The molecule has 4 heteroatoms. The summed E-state index contributed by atoms with van der Waals surface area (Å²) in [5.74, 6) is -0.792. The van der Waals surface area contributed by atoms with Gasteiger partial charge in [-0.2, -0.15) is 0 Å². The summed E-state index contributed by atoms with van der Waals surface area (Å²) in [5, 5.41) is 0. The SMILES string of the molecule is CCC(C)C(=O)COc1ccc(C(C)=O)c(F)c1. The number of ketones is 2. The fourth-order valence-electron chi connectivity index (χ4n) is 1.40. The standard InChI is InChI=1S/C14H17FO3/c1-4-9(2)14(17)8-18-11-5-6-12(10(3)16)13(15)7-11/h5-7,9H,4,8H2,1-3H3. The third kappa shape index (κ3) is 3.65. The second-order valence-electron chi connectivity index (χ2n) is 4.26. The second-order valence-corrected chi connectivity index (χ2v) is 4.26. The Labute approximate surface area is 106 Å². The van der Waals surface area contributed by atoms with Crippen molar-refractivity contribution in [1.29, 1.82) is 0 Å². The van der Waals surface area contributed by atoms with Gasteiger partial charge in [-0.25, -0.2) is 4.39 Å². The van der Waals surface area contributed by atoms with Crippen LogP contribution in [0, 0.1) is 11.7 Å². The first-order valence-electron chi connectivity index (χ1n) is 5.91. The van der Waals surface area contributed by atoms with Gasteiger partial charge < -0.3 is 4.74 Å². The largest absolute Gasteiger partial charge is 0.486 e. The first-order valence-corrected chi connectivity index (χ1v) is 5.91. The van der Waals surface area contributed by atoms with E-state index in [1.807, 2.05) is 13.8 Å². The third-order valence-corrected chi connectivity index (χ3v) is 2.86. The minimum Gasteiger partial charge on any atom is -0.486 e. The van der Waals surface area contributed by atoms with Gasteiger partial charge in [0.15, 0.2) is 11.6 Å². The number of Topliss-reactive ketones (excluding diaryl/α,β-unsaturated/α-hetero) is 2. The molecular weight excluding hydrogens is 235 g/mol. The van der Waals surface area contributed by atoms with Crippen LogP contribution in [0.25, 0.3) is 0 Å². The van der Waals surface area contributed by atoms with E-state index in [2.05, 4.69) is 0 Å². The number of carbonyl (C=O) groups is 2. The average Bonchev–Trinajstić information content (AvgIpc) is 2.34. The maximum Gasteiger partial charge on any atom is 0.172 e. The summed E-state index contributed by atoms with van der Waals surface area (Å²) in [5.41, 5.74) is 0.0237. The Hall–Kier alpha value is -1.71. The minimum absolute atomic E-state index is 0.0199. The predicted octanol–water partition coefficient (Wildman–Crippen LogP) is 3.02. The van der Waals surface area contributed by atoms with E-state index in [1.54, 1.807) is 0 Å². The molecule has 0 aliphatic carbocycles. The molecule has 0 spiro atoms. The number of halogens is 1. The van der Waals surface area contributed by atoms with Crippen LogP contribution in [0.15, 0.2) is 18.2 Å². The maximum absolute atomic E-state index is 13.5. The number of carbonyl (C=O) groups excluding carboxylic acids is 2. The lowest BCUT2D eigenvalue weighted by atomic mass is 10.0. The van der Waals surface area contributed by atoms with Gasteiger partial charge in [-0.05, 0) is 25.5 Å². The number of hydrogen-bond donors (Lipinski definition) is 0. The summed E-state index contributed by atoms with van der Waals surface area (Å²) < 4.78 is 18.7. The van der Waals surface area contributed by atoms with Crippen molar-refractivity contribution in [3.8, 4) is 5.75 Å². The molecule has 3 nitrogen and oxygen atoms in total. The summed E-state index contributed by atoms with van der Waals surface area (Å²) in [6, 6.07) is 3.98. The molecule has 1 rings (SSSR count). The summed E-state index contributed by atoms with van der Waals surface area (Å²) in [6.45, 7) is 4.97. The Bertz CT molecular complexity index is 454. The second kappa shape index (κ2) is 6.28. The molecule has 1 aromatic rings. The molecule has 0 fully saturated rings. The van der Waals surface area contributed by atoms with Crippen molar-refractivity contribution < 1.29 is 18.7 Å². The molecule has 1 aromatic carbocycles. The molecule has 0 radical (unpaired) electrons. The molecule has 0 heterocycles. The summed E-state index contributed by atoms with van der Waals surface area (Å²) in [4.78, 5) is 22.6. The van der Waals surface area contributed by atoms with E-state index in [-0.39, 0.29) is 35.4 Å². The molecule has 0 N–H and O–H groups in total. The van der Waals surface area contributed by atoms with Crippen molar-refractivity contribution in [2.75, 3.05) is 6.61 Å². The van der Waals surface area contributed by atoms with Crippen molar-refractivity contribution in [1.82, 2.24) is 0 Å². The maximum atomic E-state index is 13.5. The zero-order valence-electron chi connectivity index (χ0n) is 10.8. The van der Waals surface area contributed by atoms with E-state index < -0.39 is 5.82 Å². The smallest absolute Gasteiger partial charge is 0.172 e. The molecular formula is C14H17FO3. The summed E-state index contributed by atoms with van der Waals surface area (Å²) in [7, 11) is 0. The first kappa shape index (κ1) is 14.4. The fraction of sp³-hybridized carbons (Fsp3) is 0.429. The molecule has 0 aromatic heterocycles. The molecule has 0 saturated carbocycles. The van der Waals surface area contributed by atoms with Crippen LogP contribution in [0.2, 0.25) is 0 Å². The number of hydrogen-bond acceptors (Lipinski definition) is 3. The van der Waals surface area contributed by atoms with Gasteiger partial charge in [0.1, 0.15) is 18.2 Å². The van der Waals surface area contributed by atoms with E-state index >= 15 is 0 Å². The Morgan fingerprint density at radius 2 is 2.06 bits per heavy atom. The summed E-state index contributed by atoms with van der Waals surface area (Å²) >= 11 is 0. The van der Waals surface area contributed by atoms with Crippen LogP contribution in [0.3, 0.4) is 0 Å². The average molecular weight is 252 g/mol. The topological polar surface area (TPSA) is 43.4 Å². The van der Waals surface area contributed by atoms with Crippen LogP contribution in [-0.2, 0) is 4.79 Å². The van der Waals surface area contributed by atoms with Crippen LogP contribution in [-0.4, -0.2) is 18.2 Å². The fourth-order valence-corrected chi connectivity index (χ4v) is 1.40. The molecule has 1 atom stereocenters. The molecule has 0 aliphatic rings. The highest BCUT2D eigenvalue weighted by molar-refractivity contribution is 5.94. The number of benzene rings is 1. The first-order chi connectivity index (χ1) is 8.45. The lowest BCUT2D eigenvalue weighted by Crippen LogP contribution is -2.18. The van der Waals surface area contributed by atoms with Gasteiger partial charge in [0.2, 0.25) is 0 Å². The number of rotatable bonds is 6. The third-order valence-electron chi connectivity index (χ3n) is 2.86. The zero-order valence-corrected chi connectivity index (χ0v) is 10.8. The Morgan fingerprint density at radius 3 is 2.56 bits per heavy atom. The van der Waals surface area contributed by atoms with Crippen molar-refractivity contribution in [2.24, 2.45) is 5.92 Å². The lowest BCUT2D eigenvalue weighted by Gasteiger charge is -2.10. The van der Waals surface area contributed by atoms with Crippen LogP contribution in [0.1, 0.15) is 37.6 Å². The normalized spacial score (nSPS) is 12.0. The van der Waals surface area contributed by atoms with Gasteiger partial charge in [0.25, 0.3) is 0 Å². The van der Waals surface area contributed by atoms with Gasteiger partial charge in [-0.15, -0.1) is 0 Å². The van der Waals surface area contributed by atoms with Gasteiger partial charge in [-0.3, -0.25) is 9.59 Å². The van der Waals surface area contributed by atoms with Crippen molar-refractivity contribution in [3.05, 3.63) is 29.6 Å². The van der Waals surface area contributed by atoms with Gasteiger partial charge >= 0.3 is 0 Å². The lowest BCUT2D eigenvalue weighted by molar-refractivity contribution is -0.124. The Morgan fingerprint density at radius 1 is 1.39 bits per heavy atom. The summed E-state index contributed by atoms with van der Waals surface area (Å²) in [6.07, 6.45) is 0.750. The quantitative estimate of drug-likeness (QED) is 0.731. The Kier molecular flexibility index (Phi) is 5.01. The van der Waals surface area contributed by atoms with Crippen molar-refractivity contribution in [3.63, 3.8) is 0 Å². The Balaban J connectivity index is 2.67. The zero-order chi connectivity index (χ0) is 13.7. The highest BCUT2D eigenvalue weighted by Gasteiger charge is 2.12. The van der Waals surface area contributed by atoms with Crippen molar-refractivity contribution in [2.45, 2.75) is 27.2 Å². The van der Waals surface area contributed by atoms with Crippen LogP contribution >= 0.6 is 0 Å². The minimum atomic E-state index is -0.629. The molecule has 0 amide bonds. The predicted molar refractivity (Wildman–Crippen MR) is 66.4 cm³/mol. The molecule has 0 aliphatic heterocycles. The van der Waals surface area contributed by atoms with E-state index in [0.717, 1.165) is 12.5 Å². The monoisotopic (exact) mass is 252 g/mol.